The highest BCUT2D eigenvalue weighted by Gasteiger charge is 2.32. The van der Waals surface area contributed by atoms with E-state index in [0.29, 0.717) is 24.1 Å². The van der Waals surface area contributed by atoms with Gasteiger partial charge in [0, 0.05) is 42.6 Å². The topological polar surface area (TPSA) is 92.5 Å². The van der Waals surface area contributed by atoms with Crippen molar-refractivity contribution >= 4 is 34.8 Å². The molecule has 0 bridgehead atoms. The van der Waals surface area contributed by atoms with Gasteiger partial charge < -0.3 is 14.2 Å². The monoisotopic (exact) mass is 341 g/mol. The number of piperidine rings is 2. The Bertz CT molecular complexity index is 836. The predicted molar refractivity (Wildman–Crippen MR) is 90.1 cm³/mol. The average Bonchev–Trinajstić information content (AvgIpc) is 3.05. The van der Waals surface area contributed by atoms with Crippen molar-refractivity contribution < 1.29 is 18.9 Å². The molecule has 0 radical (unpaired) electrons. The van der Waals surface area contributed by atoms with Crippen LogP contribution >= 0.6 is 0 Å². The zero-order chi connectivity index (χ0) is 17.4. The van der Waals surface area contributed by atoms with Crippen molar-refractivity contribution in [2.75, 3.05) is 18.0 Å². The van der Waals surface area contributed by atoms with E-state index in [-0.39, 0.29) is 17.7 Å². The van der Waals surface area contributed by atoms with Crippen LogP contribution in [0.5, 0.6) is 0 Å². The van der Waals surface area contributed by atoms with Gasteiger partial charge in [-0.25, -0.2) is 0 Å². The number of aromatic nitrogens is 1. The summed E-state index contributed by atoms with van der Waals surface area (Å²) < 4.78 is 5.45. The van der Waals surface area contributed by atoms with Crippen LogP contribution in [0.4, 0.5) is 5.69 Å². The van der Waals surface area contributed by atoms with Gasteiger partial charge in [0.25, 0.3) is 0 Å². The van der Waals surface area contributed by atoms with Gasteiger partial charge >= 0.3 is 0 Å². The fourth-order valence-electron chi connectivity index (χ4n) is 3.64. The smallest absolute Gasteiger partial charge is 0.235 e. The summed E-state index contributed by atoms with van der Waals surface area (Å²) in [6.07, 6.45) is 3.53. The number of benzene rings is 1. The summed E-state index contributed by atoms with van der Waals surface area (Å²) in [5.41, 5.74) is 2.25. The number of nitrogens with one attached hydrogen (secondary N) is 1. The number of fused-ring (bicyclic) bond motifs is 1. The molecular weight excluding hydrogens is 322 g/mol. The van der Waals surface area contributed by atoms with Gasteiger partial charge in [-0.15, -0.1) is 0 Å². The second-order valence-electron chi connectivity index (χ2n) is 6.71. The minimum Gasteiger partial charge on any atom is -0.371 e. The van der Waals surface area contributed by atoms with Crippen molar-refractivity contribution in [3.05, 3.63) is 23.9 Å². The molecule has 2 aliphatic heterocycles. The first kappa shape index (κ1) is 15.8. The van der Waals surface area contributed by atoms with Crippen LogP contribution < -0.4 is 10.2 Å². The van der Waals surface area contributed by atoms with Gasteiger partial charge in [0.05, 0.1) is 5.92 Å². The molecule has 7 nitrogen and oxygen atoms in total. The summed E-state index contributed by atoms with van der Waals surface area (Å²) in [6, 6.07) is 5.85. The Kier molecular flexibility index (Phi) is 3.99. The quantitative estimate of drug-likeness (QED) is 0.675. The molecular formula is C18H19N3O4. The minimum atomic E-state index is -0.451. The molecule has 2 amide bonds. The van der Waals surface area contributed by atoms with Gasteiger partial charge in [-0.2, -0.15) is 0 Å². The number of amides is 2. The van der Waals surface area contributed by atoms with Crippen molar-refractivity contribution in [3.8, 4) is 0 Å². The fraction of sp³-hybridized carbons (Fsp3) is 0.444. The van der Waals surface area contributed by atoms with E-state index in [9.17, 15) is 14.4 Å². The van der Waals surface area contributed by atoms with Crippen LogP contribution in [-0.4, -0.2) is 36.3 Å². The highest BCUT2D eigenvalue weighted by Crippen LogP contribution is 2.33. The third kappa shape index (κ3) is 2.90. The van der Waals surface area contributed by atoms with Crippen LogP contribution in [0.1, 0.15) is 37.3 Å². The molecule has 2 saturated heterocycles. The maximum atomic E-state index is 12.1. The maximum Gasteiger partial charge on any atom is 0.235 e. The minimum absolute atomic E-state index is 0.157. The largest absolute Gasteiger partial charge is 0.371 e. The van der Waals surface area contributed by atoms with Gasteiger partial charge in [-0.3, -0.25) is 14.9 Å². The Balaban J connectivity index is 1.58. The molecule has 0 aliphatic carbocycles. The fourth-order valence-corrected chi connectivity index (χ4v) is 3.64. The second-order valence-corrected chi connectivity index (χ2v) is 6.71. The maximum absolute atomic E-state index is 12.1. The Morgan fingerprint density at radius 1 is 1.20 bits per heavy atom. The molecule has 2 aliphatic rings. The Hall–Kier alpha value is -2.70. The van der Waals surface area contributed by atoms with Crippen molar-refractivity contribution in [2.24, 2.45) is 5.92 Å². The lowest BCUT2D eigenvalue weighted by atomic mass is 9.92. The van der Waals surface area contributed by atoms with E-state index >= 15 is 0 Å². The molecule has 2 aromatic rings. The summed E-state index contributed by atoms with van der Waals surface area (Å²) in [5, 5.41) is 7.26. The normalized spacial score (nSPS) is 22.2. The third-order valence-electron chi connectivity index (χ3n) is 5.15. The average molecular weight is 341 g/mol. The van der Waals surface area contributed by atoms with Crippen LogP contribution in [0.3, 0.4) is 0 Å². The molecule has 130 valence electrons. The summed E-state index contributed by atoms with van der Waals surface area (Å²) in [4.78, 5) is 36.5. The number of imide groups is 1. The summed E-state index contributed by atoms with van der Waals surface area (Å²) >= 11 is 0. The molecule has 2 fully saturated rings. The zero-order valence-electron chi connectivity index (χ0n) is 13.7. The molecule has 0 spiro atoms. The van der Waals surface area contributed by atoms with Gasteiger partial charge in [-0.05, 0) is 31.4 Å². The number of aldehydes is 1. The lowest BCUT2D eigenvalue weighted by Crippen LogP contribution is -2.39. The molecule has 1 aromatic carbocycles. The van der Waals surface area contributed by atoms with Crippen molar-refractivity contribution in [2.45, 2.75) is 31.6 Å². The molecule has 0 saturated carbocycles. The highest BCUT2D eigenvalue weighted by atomic mass is 16.5. The van der Waals surface area contributed by atoms with E-state index in [1.54, 1.807) is 0 Å². The van der Waals surface area contributed by atoms with Crippen molar-refractivity contribution in [1.82, 2.24) is 10.5 Å². The summed E-state index contributed by atoms with van der Waals surface area (Å²) in [6.45, 7) is 1.67. The van der Waals surface area contributed by atoms with E-state index in [2.05, 4.69) is 15.4 Å². The predicted octanol–water partition coefficient (Wildman–Crippen LogP) is 1.76. The number of hydrogen-bond acceptors (Lipinski definition) is 6. The molecule has 1 atom stereocenters. The first-order valence-electron chi connectivity index (χ1n) is 8.59. The molecule has 4 rings (SSSR count). The van der Waals surface area contributed by atoms with Crippen LogP contribution in [0.15, 0.2) is 22.7 Å². The van der Waals surface area contributed by atoms with Gasteiger partial charge in [0.1, 0.15) is 12.0 Å². The SMILES string of the molecule is O=CC1CCN(c2ccc3c(C4CCC(=O)NC4=O)noc3c2)CC1. The van der Waals surface area contributed by atoms with Crippen molar-refractivity contribution in [1.29, 1.82) is 0 Å². The van der Waals surface area contributed by atoms with E-state index in [1.807, 2.05) is 18.2 Å². The Labute approximate surface area is 144 Å². The van der Waals surface area contributed by atoms with Gasteiger partial charge in [0.2, 0.25) is 11.8 Å². The summed E-state index contributed by atoms with van der Waals surface area (Å²) in [7, 11) is 0. The molecule has 1 aromatic heterocycles. The lowest BCUT2D eigenvalue weighted by Gasteiger charge is -2.31. The molecule has 1 N–H and O–H groups in total. The first-order chi connectivity index (χ1) is 12.2. The Morgan fingerprint density at radius 2 is 2.00 bits per heavy atom. The number of rotatable bonds is 3. The number of nitrogens with zero attached hydrogens (tertiary/aromatic N) is 2. The number of carbonyl (C=O) groups is 3. The van der Waals surface area contributed by atoms with Crippen LogP contribution in [-0.2, 0) is 14.4 Å². The number of anilines is 1. The first-order valence-corrected chi connectivity index (χ1v) is 8.59. The third-order valence-corrected chi connectivity index (χ3v) is 5.15. The highest BCUT2D eigenvalue weighted by molar-refractivity contribution is 6.02. The van der Waals surface area contributed by atoms with Crippen LogP contribution in [0.25, 0.3) is 11.0 Å². The molecule has 3 heterocycles. The standard InChI is InChI=1S/C18H19N3O4/c22-10-11-5-7-21(8-6-11)12-1-2-13-15(9-12)25-20-17(13)14-3-4-16(23)19-18(14)24/h1-2,9-11,14H,3-8H2,(H,19,23,24). The van der Waals surface area contributed by atoms with E-state index in [1.165, 1.54) is 0 Å². The van der Waals surface area contributed by atoms with Gasteiger partial charge in [-0.1, -0.05) is 5.16 Å². The van der Waals surface area contributed by atoms with Crippen LogP contribution in [0, 0.1) is 5.92 Å². The van der Waals surface area contributed by atoms with Gasteiger partial charge in [0.15, 0.2) is 5.58 Å². The van der Waals surface area contributed by atoms with E-state index in [0.717, 1.165) is 43.3 Å². The van der Waals surface area contributed by atoms with E-state index in [4.69, 9.17) is 4.52 Å². The lowest BCUT2D eigenvalue weighted by molar-refractivity contribution is -0.134. The molecule has 25 heavy (non-hydrogen) atoms. The van der Waals surface area contributed by atoms with Crippen LogP contribution in [0.2, 0.25) is 0 Å². The zero-order valence-corrected chi connectivity index (χ0v) is 13.7. The second kappa shape index (κ2) is 6.31. The number of hydrogen-bond donors (Lipinski definition) is 1. The molecule has 7 heteroatoms. The molecule has 1 unspecified atom stereocenters. The summed E-state index contributed by atoms with van der Waals surface area (Å²) in [5.74, 6) is -0.848. The van der Waals surface area contributed by atoms with Crippen molar-refractivity contribution in [3.63, 3.8) is 0 Å². The van der Waals surface area contributed by atoms with E-state index < -0.39 is 5.92 Å². The number of carbonyl (C=O) groups excluding carboxylic acids is 3. The Morgan fingerprint density at radius 3 is 2.72 bits per heavy atom.